The third-order valence-electron chi connectivity index (χ3n) is 5.21. The molecular formula is C22H33IN6O. The van der Waals surface area contributed by atoms with Gasteiger partial charge in [0.25, 0.3) is 0 Å². The van der Waals surface area contributed by atoms with Gasteiger partial charge in [0, 0.05) is 44.5 Å². The maximum absolute atomic E-state index is 12.0. The lowest BCUT2D eigenvalue weighted by molar-refractivity contribution is -0.127. The number of carbonyl (C=O) groups is 1. The number of carbonyl (C=O) groups excluding carboxylic acids is 1. The van der Waals surface area contributed by atoms with E-state index in [1.807, 2.05) is 36.1 Å². The summed E-state index contributed by atoms with van der Waals surface area (Å²) in [5.41, 5.74) is 3.08. The molecule has 8 heteroatoms. The zero-order valence-corrected chi connectivity index (χ0v) is 20.4. The van der Waals surface area contributed by atoms with E-state index in [9.17, 15) is 4.79 Å². The number of hydrogen-bond acceptors (Lipinski definition) is 3. The number of benzene rings is 1. The Morgan fingerprint density at radius 3 is 2.57 bits per heavy atom. The summed E-state index contributed by atoms with van der Waals surface area (Å²) >= 11 is 0. The average Bonchev–Trinajstić information content (AvgIpc) is 3.11. The summed E-state index contributed by atoms with van der Waals surface area (Å²) in [5, 5.41) is 11.4. The second-order valence-corrected chi connectivity index (χ2v) is 7.83. The topological polar surface area (TPSA) is 74.5 Å². The van der Waals surface area contributed by atoms with Gasteiger partial charge in [-0.15, -0.1) is 24.0 Å². The summed E-state index contributed by atoms with van der Waals surface area (Å²) in [6, 6.07) is 10.6. The molecule has 0 atom stereocenters. The van der Waals surface area contributed by atoms with Crippen LogP contribution in [-0.2, 0) is 18.4 Å². The Labute approximate surface area is 196 Å². The van der Waals surface area contributed by atoms with Gasteiger partial charge >= 0.3 is 0 Å². The molecule has 2 N–H and O–H groups in total. The fraction of sp³-hybridized carbons (Fsp3) is 0.500. The molecule has 1 saturated carbocycles. The first-order valence-electron chi connectivity index (χ1n) is 10.4. The van der Waals surface area contributed by atoms with Crippen LogP contribution in [0.25, 0.3) is 11.3 Å². The molecular weight excluding hydrogens is 491 g/mol. The Morgan fingerprint density at radius 1 is 1.20 bits per heavy atom. The van der Waals surface area contributed by atoms with Crippen molar-refractivity contribution in [3.05, 3.63) is 42.1 Å². The number of likely N-dealkylation sites (N-methyl/N-ethyl adjacent to an activating group) is 1. The third kappa shape index (κ3) is 7.00. The molecule has 1 aliphatic rings. The molecule has 30 heavy (non-hydrogen) atoms. The van der Waals surface area contributed by atoms with E-state index >= 15 is 0 Å². The van der Waals surface area contributed by atoms with Crippen LogP contribution in [0.3, 0.4) is 0 Å². The van der Waals surface area contributed by atoms with Gasteiger partial charge in [-0.05, 0) is 12.8 Å². The number of hydrogen-bond donors (Lipinski definition) is 2. The van der Waals surface area contributed by atoms with Crippen molar-refractivity contribution in [3.63, 3.8) is 0 Å². The van der Waals surface area contributed by atoms with Crippen LogP contribution >= 0.6 is 24.0 Å². The van der Waals surface area contributed by atoms with Crippen LogP contribution in [0.4, 0.5) is 0 Å². The fourth-order valence-corrected chi connectivity index (χ4v) is 3.57. The molecule has 1 aromatic heterocycles. The van der Waals surface area contributed by atoms with Gasteiger partial charge in [-0.2, -0.15) is 5.10 Å². The van der Waals surface area contributed by atoms with E-state index in [0.717, 1.165) is 29.7 Å². The largest absolute Gasteiger partial charge is 0.354 e. The highest BCUT2D eigenvalue weighted by molar-refractivity contribution is 14.0. The number of aliphatic imine (C=N–C) groups is 1. The lowest BCUT2D eigenvalue weighted by atomic mass is 9.96. The Bertz CT molecular complexity index is 827. The number of aromatic nitrogens is 2. The highest BCUT2D eigenvalue weighted by Crippen LogP contribution is 2.22. The molecule has 1 aliphatic carbocycles. The monoisotopic (exact) mass is 524 g/mol. The maximum atomic E-state index is 12.0. The Morgan fingerprint density at radius 2 is 1.90 bits per heavy atom. The second kappa shape index (κ2) is 11.9. The van der Waals surface area contributed by atoms with Gasteiger partial charge < -0.3 is 15.5 Å². The standard InChI is InChI=1S/C22H32N6O.HI/c1-27(2)20(29)15-24-22(25-19-12-8-5-9-13-19)23-14-18-16-28(3)26-21(18)17-10-6-4-7-11-17;/h4,6-7,10-11,16,19H,5,8-9,12-15H2,1-3H3,(H2,23,24,25);1H. The predicted octanol–water partition coefficient (Wildman–Crippen LogP) is 3.16. The van der Waals surface area contributed by atoms with E-state index in [1.165, 1.54) is 19.3 Å². The van der Waals surface area contributed by atoms with Gasteiger partial charge in [-0.25, -0.2) is 4.99 Å². The molecule has 0 spiro atoms. The zero-order valence-electron chi connectivity index (χ0n) is 18.1. The molecule has 1 amide bonds. The molecule has 1 aromatic carbocycles. The minimum atomic E-state index is 0. The van der Waals surface area contributed by atoms with Gasteiger partial charge in [-0.3, -0.25) is 9.48 Å². The van der Waals surface area contributed by atoms with Crippen molar-refractivity contribution < 1.29 is 4.79 Å². The number of aryl methyl sites for hydroxylation is 1. The molecule has 0 bridgehead atoms. The minimum absolute atomic E-state index is 0. The van der Waals surface area contributed by atoms with Crippen molar-refractivity contribution >= 4 is 35.8 Å². The lowest BCUT2D eigenvalue weighted by Gasteiger charge is -2.25. The van der Waals surface area contributed by atoms with Crippen LogP contribution in [0.5, 0.6) is 0 Å². The summed E-state index contributed by atoms with van der Waals surface area (Å²) in [6.07, 6.45) is 8.07. The summed E-state index contributed by atoms with van der Waals surface area (Å²) in [7, 11) is 5.45. The maximum Gasteiger partial charge on any atom is 0.241 e. The van der Waals surface area contributed by atoms with E-state index in [1.54, 1.807) is 19.0 Å². The summed E-state index contributed by atoms with van der Waals surface area (Å²) < 4.78 is 1.82. The summed E-state index contributed by atoms with van der Waals surface area (Å²) in [6.45, 7) is 0.723. The van der Waals surface area contributed by atoms with Gasteiger partial charge in [0.2, 0.25) is 5.91 Å². The highest BCUT2D eigenvalue weighted by atomic mass is 127. The van der Waals surface area contributed by atoms with Crippen molar-refractivity contribution in [2.45, 2.75) is 44.7 Å². The normalized spacial score (nSPS) is 14.7. The molecule has 164 valence electrons. The van der Waals surface area contributed by atoms with Crippen LogP contribution < -0.4 is 10.6 Å². The first kappa shape index (κ1) is 24.2. The quantitative estimate of drug-likeness (QED) is 0.346. The van der Waals surface area contributed by atoms with Gasteiger partial charge in [-0.1, -0.05) is 49.6 Å². The lowest BCUT2D eigenvalue weighted by Crippen LogP contribution is -2.47. The van der Waals surface area contributed by atoms with Crippen molar-refractivity contribution in [2.24, 2.45) is 12.0 Å². The molecule has 7 nitrogen and oxygen atoms in total. The number of nitrogens with zero attached hydrogens (tertiary/aromatic N) is 4. The van der Waals surface area contributed by atoms with Crippen molar-refractivity contribution in [3.8, 4) is 11.3 Å². The smallest absolute Gasteiger partial charge is 0.241 e. The molecule has 0 unspecified atom stereocenters. The van der Waals surface area contributed by atoms with Gasteiger partial charge in [0.15, 0.2) is 5.96 Å². The van der Waals surface area contributed by atoms with Gasteiger partial charge in [0.05, 0.1) is 18.8 Å². The molecule has 2 aromatic rings. The number of guanidine groups is 1. The fourth-order valence-electron chi connectivity index (χ4n) is 3.57. The third-order valence-corrected chi connectivity index (χ3v) is 5.21. The number of nitrogens with one attached hydrogen (secondary N) is 2. The van der Waals surface area contributed by atoms with E-state index in [4.69, 9.17) is 4.99 Å². The first-order chi connectivity index (χ1) is 14.0. The van der Waals surface area contributed by atoms with Crippen LogP contribution in [0.1, 0.15) is 37.7 Å². The summed E-state index contributed by atoms with van der Waals surface area (Å²) in [4.78, 5) is 18.4. The number of rotatable bonds is 6. The summed E-state index contributed by atoms with van der Waals surface area (Å²) in [5.74, 6) is 0.712. The van der Waals surface area contributed by atoms with E-state index in [0.29, 0.717) is 18.5 Å². The van der Waals surface area contributed by atoms with Crippen LogP contribution in [0.2, 0.25) is 0 Å². The molecule has 1 fully saturated rings. The molecule has 0 saturated heterocycles. The molecule has 0 radical (unpaired) electrons. The molecule has 0 aliphatic heterocycles. The zero-order chi connectivity index (χ0) is 20.6. The second-order valence-electron chi connectivity index (χ2n) is 7.83. The first-order valence-corrected chi connectivity index (χ1v) is 10.4. The van der Waals surface area contributed by atoms with Crippen LogP contribution in [0, 0.1) is 0 Å². The SMILES string of the molecule is CN(C)C(=O)CNC(=NCc1cn(C)nc1-c1ccccc1)NC1CCCCC1.I. The molecule has 3 rings (SSSR count). The van der Waals surface area contributed by atoms with E-state index in [-0.39, 0.29) is 36.4 Å². The Hall–Kier alpha value is -2.10. The Balaban J connectivity index is 0.00000320. The number of amides is 1. The predicted molar refractivity (Wildman–Crippen MR) is 132 cm³/mol. The van der Waals surface area contributed by atoms with Crippen molar-refractivity contribution in [2.75, 3.05) is 20.6 Å². The van der Waals surface area contributed by atoms with Crippen LogP contribution in [0.15, 0.2) is 41.5 Å². The van der Waals surface area contributed by atoms with Crippen LogP contribution in [-0.4, -0.2) is 53.2 Å². The highest BCUT2D eigenvalue weighted by Gasteiger charge is 2.16. The molecule has 1 heterocycles. The van der Waals surface area contributed by atoms with Crippen molar-refractivity contribution in [1.82, 2.24) is 25.3 Å². The number of halogens is 1. The Kier molecular flexibility index (Phi) is 9.61. The van der Waals surface area contributed by atoms with Crippen molar-refractivity contribution in [1.29, 1.82) is 0 Å². The van der Waals surface area contributed by atoms with Gasteiger partial charge in [0.1, 0.15) is 0 Å². The van der Waals surface area contributed by atoms with E-state index in [2.05, 4.69) is 27.9 Å². The minimum Gasteiger partial charge on any atom is -0.354 e. The average molecular weight is 524 g/mol. The van der Waals surface area contributed by atoms with E-state index < -0.39 is 0 Å².